The highest BCUT2D eigenvalue weighted by Gasteiger charge is 2.43. The fourth-order valence-electron chi connectivity index (χ4n) is 3.39. The third-order valence-electron chi connectivity index (χ3n) is 5.17. The van der Waals surface area contributed by atoms with Gasteiger partial charge < -0.3 is 9.47 Å². The van der Waals surface area contributed by atoms with Gasteiger partial charge in [0.1, 0.15) is 5.75 Å². The number of ether oxygens (including phenoxy) is 2. The van der Waals surface area contributed by atoms with Crippen LogP contribution in [-0.4, -0.2) is 26.1 Å². The van der Waals surface area contributed by atoms with Gasteiger partial charge in [-0.1, -0.05) is 18.7 Å². The molecular formula is C22H23NO4. The number of hydrogen-bond acceptors (Lipinski definition) is 4. The minimum absolute atomic E-state index is 0.134. The number of anilines is 1. The Morgan fingerprint density at radius 3 is 2.41 bits per heavy atom. The number of rotatable bonds is 4. The number of nitrogens with zero attached hydrogens (tertiary/aromatic N) is 1. The van der Waals surface area contributed by atoms with Gasteiger partial charge in [0.2, 0.25) is 0 Å². The molecule has 0 N–H and O–H groups in total. The second kappa shape index (κ2) is 6.91. The Balaban J connectivity index is 2.06. The smallest absolute Gasteiger partial charge is 0.338 e. The summed E-state index contributed by atoms with van der Waals surface area (Å²) in [6, 6.07) is 9.04. The Labute approximate surface area is 159 Å². The Morgan fingerprint density at radius 2 is 1.78 bits per heavy atom. The summed E-state index contributed by atoms with van der Waals surface area (Å²) in [6.07, 6.45) is 0. The van der Waals surface area contributed by atoms with E-state index in [1.807, 2.05) is 45.0 Å². The van der Waals surface area contributed by atoms with Crippen molar-refractivity contribution in [1.29, 1.82) is 0 Å². The maximum Gasteiger partial charge on any atom is 0.338 e. The first-order chi connectivity index (χ1) is 12.8. The van der Waals surface area contributed by atoms with Gasteiger partial charge in [0.25, 0.3) is 5.91 Å². The first-order valence-electron chi connectivity index (χ1n) is 8.66. The molecule has 1 fully saturated rings. The lowest BCUT2D eigenvalue weighted by molar-refractivity contribution is -0.118. The molecule has 1 heterocycles. The molecule has 1 aliphatic rings. The topological polar surface area (TPSA) is 55.8 Å². The number of β-lactam (4-membered cyclic amide) rings is 1. The average molecular weight is 365 g/mol. The molecule has 27 heavy (non-hydrogen) atoms. The van der Waals surface area contributed by atoms with E-state index >= 15 is 0 Å². The number of hydrogen-bond donors (Lipinski definition) is 0. The predicted molar refractivity (Wildman–Crippen MR) is 104 cm³/mol. The molecule has 1 aliphatic heterocycles. The highest BCUT2D eigenvalue weighted by atomic mass is 16.5. The van der Waals surface area contributed by atoms with Crippen molar-refractivity contribution in [3.05, 3.63) is 70.3 Å². The molecule has 0 spiro atoms. The number of methoxy groups -OCH3 is 2. The van der Waals surface area contributed by atoms with Crippen LogP contribution in [0.1, 0.15) is 38.7 Å². The Hall–Kier alpha value is -3.08. The molecule has 3 rings (SSSR count). The zero-order valence-electron chi connectivity index (χ0n) is 16.3. The average Bonchev–Trinajstić information content (AvgIpc) is 2.67. The summed E-state index contributed by atoms with van der Waals surface area (Å²) < 4.78 is 10.3. The summed E-state index contributed by atoms with van der Waals surface area (Å²) in [5.74, 6) is 0.198. The normalized spacial score (nSPS) is 16.2. The van der Waals surface area contributed by atoms with E-state index in [-0.39, 0.29) is 11.9 Å². The lowest BCUT2D eigenvalue weighted by Crippen LogP contribution is -2.49. The van der Waals surface area contributed by atoms with Crippen LogP contribution in [0.3, 0.4) is 0 Å². The van der Waals surface area contributed by atoms with Crippen LogP contribution in [0.4, 0.5) is 5.69 Å². The van der Waals surface area contributed by atoms with E-state index in [2.05, 4.69) is 6.58 Å². The summed E-state index contributed by atoms with van der Waals surface area (Å²) in [7, 11) is 2.97. The monoisotopic (exact) mass is 365 g/mol. The molecule has 5 nitrogen and oxygen atoms in total. The lowest BCUT2D eigenvalue weighted by Gasteiger charge is -2.43. The van der Waals surface area contributed by atoms with Gasteiger partial charge in [-0.2, -0.15) is 0 Å². The van der Waals surface area contributed by atoms with Crippen LogP contribution >= 0.6 is 0 Å². The van der Waals surface area contributed by atoms with Crippen molar-refractivity contribution in [2.24, 2.45) is 0 Å². The van der Waals surface area contributed by atoms with Crippen LogP contribution in [0.5, 0.6) is 5.75 Å². The number of aryl methyl sites for hydroxylation is 2. The second-order valence-corrected chi connectivity index (χ2v) is 6.76. The number of carbonyl (C=O) groups excluding carboxylic acids is 2. The van der Waals surface area contributed by atoms with Crippen LogP contribution in [-0.2, 0) is 9.53 Å². The lowest BCUT2D eigenvalue weighted by atomic mass is 9.86. The Kier molecular flexibility index (Phi) is 4.79. The summed E-state index contributed by atoms with van der Waals surface area (Å²) in [6.45, 7) is 9.75. The van der Waals surface area contributed by atoms with E-state index < -0.39 is 5.97 Å². The van der Waals surface area contributed by atoms with Gasteiger partial charge in [0, 0.05) is 17.3 Å². The summed E-state index contributed by atoms with van der Waals surface area (Å²) in [5, 5.41) is 0. The molecule has 0 aromatic heterocycles. The quantitative estimate of drug-likeness (QED) is 0.466. The highest BCUT2D eigenvalue weighted by Crippen LogP contribution is 2.44. The number of benzene rings is 2. The standard InChI is InChI=1S/C22H23NO4/c1-12-7-8-16(10-18(12)22(25)27-6)20-15(4)21(24)23(20)17-9-13(2)14(3)19(11-17)26-5/h7-11,20H,4H2,1-3,5-6H3/t20-/m1/s1. The van der Waals surface area contributed by atoms with E-state index in [1.54, 1.807) is 18.1 Å². The van der Waals surface area contributed by atoms with E-state index in [9.17, 15) is 9.59 Å². The minimum atomic E-state index is -0.398. The van der Waals surface area contributed by atoms with Gasteiger partial charge in [-0.3, -0.25) is 9.69 Å². The molecule has 0 saturated carbocycles. The van der Waals surface area contributed by atoms with Crippen LogP contribution in [0.2, 0.25) is 0 Å². The Morgan fingerprint density at radius 1 is 1.07 bits per heavy atom. The second-order valence-electron chi connectivity index (χ2n) is 6.76. The molecule has 140 valence electrons. The number of amides is 1. The van der Waals surface area contributed by atoms with Crippen molar-refractivity contribution in [2.75, 3.05) is 19.1 Å². The highest BCUT2D eigenvalue weighted by molar-refractivity contribution is 6.15. The molecule has 5 heteroatoms. The van der Waals surface area contributed by atoms with E-state index in [1.165, 1.54) is 7.11 Å². The van der Waals surface area contributed by atoms with Crippen molar-refractivity contribution in [3.8, 4) is 5.75 Å². The van der Waals surface area contributed by atoms with Crippen molar-refractivity contribution >= 4 is 17.6 Å². The number of esters is 1. The molecule has 0 radical (unpaired) electrons. The minimum Gasteiger partial charge on any atom is -0.496 e. The van der Waals surface area contributed by atoms with Crippen molar-refractivity contribution in [1.82, 2.24) is 0 Å². The number of carbonyl (C=O) groups is 2. The third-order valence-corrected chi connectivity index (χ3v) is 5.17. The van der Waals surface area contributed by atoms with Crippen molar-refractivity contribution < 1.29 is 19.1 Å². The van der Waals surface area contributed by atoms with Gasteiger partial charge in [0.15, 0.2) is 0 Å². The van der Waals surface area contributed by atoms with Gasteiger partial charge >= 0.3 is 5.97 Å². The van der Waals surface area contributed by atoms with Crippen LogP contribution in [0.15, 0.2) is 42.5 Å². The van der Waals surface area contributed by atoms with E-state index in [0.29, 0.717) is 11.1 Å². The van der Waals surface area contributed by atoms with Gasteiger partial charge in [-0.15, -0.1) is 0 Å². The SMILES string of the molecule is C=C1C(=O)N(c2cc(C)c(C)c(OC)c2)[C@H]1c1ccc(C)c(C(=O)OC)c1. The third kappa shape index (κ3) is 2.99. The fourth-order valence-corrected chi connectivity index (χ4v) is 3.39. The molecule has 0 bridgehead atoms. The molecule has 1 atom stereocenters. The maximum atomic E-state index is 12.6. The molecule has 0 unspecified atom stereocenters. The van der Waals surface area contributed by atoms with E-state index in [0.717, 1.165) is 33.7 Å². The molecule has 0 aliphatic carbocycles. The summed E-state index contributed by atoms with van der Waals surface area (Å²) >= 11 is 0. The molecule has 1 amide bonds. The summed E-state index contributed by atoms with van der Waals surface area (Å²) in [4.78, 5) is 26.3. The maximum absolute atomic E-state index is 12.6. The molecule has 1 saturated heterocycles. The van der Waals surface area contributed by atoms with E-state index in [4.69, 9.17) is 9.47 Å². The van der Waals surface area contributed by atoms with Gasteiger partial charge in [0.05, 0.1) is 25.8 Å². The van der Waals surface area contributed by atoms with Crippen molar-refractivity contribution in [3.63, 3.8) is 0 Å². The molecule has 2 aromatic carbocycles. The van der Waals surface area contributed by atoms with Gasteiger partial charge in [-0.05, 0) is 55.2 Å². The first-order valence-corrected chi connectivity index (χ1v) is 8.66. The van der Waals surface area contributed by atoms with Crippen LogP contribution in [0, 0.1) is 20.8 Å². The predicted octanol–water partition coefficient (Wildman–Crippen LogP) is 4.05. The van der Waals surface area contributed by atoms with Gasteiger partial charge in [-0.25, -0.2) is 4.79 Å². The van der Waals surface area contributed by atoms with Crippen molar-refractivity contribution in [2.45, 2.75) is 26.8 Å². The van der Waals surface area contributed by atoms with Crippen LogP contribution in [0.25, 0.3) is 0 Å². The largest absolute Gasteiger partial charge is 0.496 e. The Bertz CT molecular complexity index is 961. The fraction of sp³-hybridized carbons (Fsp3) is 0.273. The molecule has 2 aromatic rings. The zero-order valence-corrected chi connectivity index (χ0v) is 16.3. The van der Waals surface area contributed by atoms with Crippen LogP contribution < -0.4 is 9.64 Å². The summed E-state index contributed by atoms with van der Waals surface area (Å²) in [5.41, 5.74) is 5.44. The zero-order chi connectivity index (χ0) is 19.9. The molecular weight excluding hydrogens is 342 g/mol. The first kappa shape index (κ1) is 18.7.